The Morgan fingerprint density at radius 3 is 3.29 bits per heavy atom. The van der Waals surface area contributed by atoms with Crippen molar-refractivity contribution in [2.75, 3.05) is 37.1 Å². The van der Waals surface area contributed by atoms with Crippen LogP contribution in [0, 0.1) is 0 Å². The topological polar surface area (TPSA) is 47.5 Å². The van der Waals surface area contributed by atoms with E-state index >= 15 is 0 Å². The number of aromatic nitrogens is 2. The van der Waals surface area contributed by atoms with Crippen molar-refractivity contribution < 1.29 is 9.47 Å². The first-order valence-electron chi connectivity index (χ1n) is 5.71. The van der Waals surface area contributed by atoms with Gasteiger partial charge in [0, 0.05) is 24.7 Å². The Morgan fingerprint density at radius 1 is 1.65 bits per heavy atom. The van der Waals surface area contributed by atoms with Gasteiger partial charge in [0.05, 0.1) is 25.9 Å². The lowest BCUT2D eigenvalue weighted by atomic mass is 10.3. The maximum Gasteiger partial charge on any atom is 0.229 e. The van der Waals surface area contributed by atoms with E-state index in [1.807, 2.05) is 6.92 Å². The van der Waals surface area contributed by atoms with Crippen LogP contribution in [0.1, 0.15) is 6.92 Å². The van der Waals surface area contributed by atoms with E-state index in [4.69, 9.17) is 21.1 Å². The van der Waals surface area contributed by atoms with Crippen LogP contribution >= 0.6 is 11.6 Å². The fourth-order valence-corrected chi connectivity index (χ4v) is 2.00. The number of rotatable bonds is 4. The first-order valence-corrected chi connectivity index (χ1v) is 6.24. The molecule has 1 saturated heterocycles. The Morgan fingerprint density at radius 2 is 2.53 bits per heavy atom. The van der Waals surface area contributed by atoms with E-state index in [1.54, 1.807) is 12.3 Å². The minimum atomic E-state index is 0.127. The van der Waals surface area contributed by atoms with Crippen molar-refractivity contribution in [3.63, 3.8) is 0 Å². The van der Waals surface area contributed by atoms with Gasteiger partial charge in [0.15, 0.2) is 0 Å². The van der Waals surface area contributed by atoms with E-state index in [0.717, 1.165) is 6.54 Å². The van der Waals surface area contributed by atoms with Gasteiger partial charge in [-0.05, 0) is 6.92 Å². The zero-order valence-corrected chi connectivity index (χ0v) is 10.6. The molecule has 1 aromatic rings. The van der Waals surface area contributed by atoms with E-state index in [2.05, 4.69) is 14.9 Å². The van der Waals surface area contributed by atoms with Crippen molar-refractivity contribution >= 4 is 17.5 Å². The molecule has 0 aromatic carbocycles. The number of ether oxygens (including phenoxy) is 2. The van der Waals surface area contributed by atoms with Crippen molar-refractivity contribution in [3.8, 4) is 5.88 Å². The standard InChI is InChI=1S/C11H16ClN3O2/c1-2-17-10-3-4-13-11(14-10)15-5-6-16-8-9(15)7-12/h3-4,9H,2,5-8H2,1H3. The highest BCUT2D eigenvalue weighted by atomic mass is 35.5. The van der Waals surface area contributed by atoms with E-state index in [1.165, 1.54) is 0 Å². The Labute approximate surface area is 106 Å². The van der Waals surface area contributed by atoms with Crippen LogP contribution in [0.4, 0.5) is 5.95 Å². The van der Waals surface area contributed by atoms with Crippen LogP contribution in [0.3, 0.4) is 0 Å². The summed E-state index contributed by atoms with van der Waals surface area (Å²) in [5.41, 5.74) is 0. The summed E-state index contributed by atoms with van der Waals surface area (Å²) < 4.78 is 10.8. The molecule has 0 aliphatic carbocycles. The number of anilines is 1. The lowest BCUT2D eigenvalue weighted by molar-refractivity contribution is 0.0988. The molecule has 1 aliphatic heterocycles. The van der Waals surface area contributed by atoms with Gasteiger partial charge in [-0.3, -0.25) is 0 Å². The van der Waals surface area contributed by atoms with Gasteiger partial charge in [0.25, 0.3) is 0 Å². The summed E-state index contributed by atoms with van der Waals surface area (Å²) in [5, 5.41) is 0. The summed E-state index contributed by atoms with van der Waals surface area (Å²) in [7, 11) is 0. The molecule has 1 unspecified atom stereocenters. The monoisotopic (exact) mass is 257 g/mol. The van der Waals surface area contributed by atoms with E-state index in [9.17, 15) is 0 Å². The molecule has 1 atom stereocenters. The van der Waals surface area contributed by atoms with Gasteiger partial charge in [-0.2, -0.15) is 4.98 Å². The molecule has 1 aromatic heterocycles. The lowest BCUT2D eigenvalue weighted by Gasteiger charge is -2.34. The van der Waals surface area contributed by atoms with Crippen LogP contribution in [0.25, 0.3) is 0 Å². The molecule has 6 heteroatoms. The SMILES string of the molecule is CCOc1ccnc(N2CCOCC2CCl)n1. The molecule has 0 saturated carbocycles. The normalized spacial score (nSPS) is 20.4. The Bertz CT molecular complexity index is 364. The maximum absolute atomic E-state index is 5.92. The molecule has 0 bridgehead atoms. The van der Waals surface area contributed by atoms with E-state index in [-0.39, 0.29) is 6.04 Å². The third kappa shape index (κ3) is 2.98. The lowest BCUT2D eigenvalue weighted by Crippen LogP contribution is -2.47. The highest BCUT2D eigenvalue weighted by molar-refractivity contribution is 6.18. The average Bonchev–Trinajstić information content (AvgIpc) is 2.39. The predicted molar refractivity (Wildman–Crippen MR) is 65.9 cm³/mol. The van der Waals surface area contributed by atoms with Gasteiger partial charge in [0.2, 0.25) is 11.8 Å². The molecule has 0 N–H and O–H groups in total. The quantitative estimate of drug-likeness (QED) is 0.762. The molecular weight excluding hydrogens is 242 g/mol. The summed E-state index contributed by atoms with van der Waals surface area (Å²) >= 11 is 5.92. The molecule has 0 radical (unpaired) electrons. The average molecular weight is 258 g/mol. The predicted octanol–water partition coefficient (Wildman–Crippen LogP) is 1.32. The maximum atomic E-state index is 5.92. The van der Waals surface area contributed by atoms with Crippen LogP contribution in [0.15, 0.2) is 12.3 Å². The van der Waals surface area contributed by atoms with Crippen molar-refractivity contribution in [2.24, 2.45) is 0 Å². The zero-order valence-electron chi connectivity index (χ0n) is 9.80. The highest BCUT2D eigenvalue weighted by Gasteiger charge is 2.24. The summed E-state index contributed by atoms with van der Waals surface area (Å²) in [5.74, 6) is 1.75. The van der Waals surface area contributed by atoms with Gasteiger partial charge < -0.3 is 14.4 Å². The molecule has 2 heterocycles. The summed E-state index contributed by atoms with van der Waals surface area (Å²) in [6.45, 7) is 4.57. The van der Waals surface area contributed by atoms with Crippen molar-refractivity contribution in [1.29, 1.82) is 0 Å². The highest BCUT2D eigenvalue weighted by Crippen LogP contribution is 2.18. The first kappa shape index (κ1) is 12.4. The minimum absolute atomic E-state index is 0.127. The van der Waals surface area contributed by atoms with Crippen molar-refractivity contribution in [1.82, 2.24) is 9.97 Å². The Balaban J connectivity index is 2.16. The van der Waals surface area contributed by atoms with Crippen LogP contribution in [-0.2, 0) is 4.74 Å². The molecule has 2 rings (SSSR count). The van der Waals surface area contributed by atoms with Crippen LogP contribution in [-0.4, -0.2) is 48.3 Å². The number of hydrogen-bond acceptors (Lipinski definition) is 5. The number of morpholine rings is 1. The fourth-order valence-electron chi connectivity index (χ4n) is 1.75. The van der Waals surface area contributed by atoms with Gasteiger partial charge in [0.1, 0.15) is 0 Å². The smallest absolute Gasteiger partial charge is 0.229 e. The van der Waals surface area contributed by atoms with Crippen molar-refractivity contribution in [3.05, 3.63) is 12.3 Å². The number of alkyl halides is 1. The van der Waals surface area contributed by atoms with Gasteiger partial charge in [-0.1, -0.05) is 0 Å². The molecule has 1 fully saturated rings. The van der Waals surface area contributed by atoms with Crippen LogP contribution in [0.2, 0.25) is 0 Å². The van der Waals surface area contributed by atoms with E-state index < -0.39 is 0 Å². The number of nitrogens with zero attached hydrogens (tertiary/aromatic N) is 3. The Kier molecular flexibility index (Phi) is 4.39. The molecule has 17 heavy (non-hydrogen) atoms. The molecule has 1 aliphatic rings. The molecule has 0 spiro atoms. The second-order valence-electron chi connectivity index (χ2n) is 3.70. The fraction of sp³-hybridized carbons (Fsp3) is 0.636. The summed E-state index contributed by atoms with van der Waals surface area (Å²) in [6, 6.07) is 1.88. The minimum Gasteiger partial charge on any atom is -0.478 e. The summed E-state index contributed by atoms with van der Waals surface area (Å²) in [6.07, 6.45) is 1.70. The number of halogens is 1. The van der Waals surface area contributed by atoms with Gasteiger partial charge in [-0.25, -0.2) is 4.98 Å². The largest absolute Gasteiger partial charge is 0.478 e. The summed E-state index contributed by atoms with van der Waals surface area (Å²) in [4.78, 5) is 10.7. The second kappa shape index (κ2) is 6.02. The molecular formula is C11H16ClN3O2. The zero-order chi connectivity index (χ0) is 12.1. The first-order chi connectivity index (χ1) is 8.35. The molecule has 0 amide bonds. The third-order valence-corrected chi connectivity index (χ3v) is 2.93. The van der Waals surface area contributed by atoms with Gasteiger partial charge in [-0.15, -0.1) is 11.6 Å². The molecule has 94 valence electrons. The van der Waals surface area contributed by atoms with Crippen molar-refractivity contribution in [2.45, 2.75) is 13.0 Å². The third-order valence-electron chi connectivity index (χ3n) is 2.57. The van der Waals surface area contributed by atoms with Crippen LogP contribution < -0.4 is 9.64 Å². The second-order valence-corrected chi connectivity index (χ2v) is 4.01. The van der Waals surface area contributed by atoms with E-state index in [0.29, 0.717) is 37.5 Å². The Hall–Kier alpha value is -1.07. The van der Waals surface area contributed by atoms with Gasteiger partial charge >= 0.3 is 0 Å². The molecule has 5 nitrogen and oxygen atoms in total. The number of hydrogen-bond donors (Lipinski definition) is 0. The van der Waals surface area contributed by atoms with Crippen LogP contribution in [0.5, 0.6) is 5.88 Å².